The predicted molar refractivity (Wildman–Crippen MR) is 124 cm³/mol. The highest BCUT2D eigenvalue weighted by atomic mass is 32.2. The molecule has 31 heavy (non-hydrogen) atoms. The van der Waals surface area contributed by atoms with Crippen LogP contribution in [-0.4, -0.2) is 54.7 Å². The Morgan fingerprint density at radius 2 is 1.87 bits per heavy atom. The molecule has 3 aromatic rings. The molecule has 2 atom stereocenters. The van der Waals surface area contributed by atoms with Crippen molar-refractivity contribution in [3.63, 3.8) is 0 Å². The van der Waals surface area contributed by atoms with Crippen molar-refractivity contribution in [3.05, 3.63) is 46.8 Å². The van der Waals surface area contributed by atoms with E-state index in [1.807, 2.05) is 23.1 Å². The highest BCUT2D eigenvalue weighted by Gasteiger charge is 2.37. The van der Waals surface area contributed by atoms with Crippen molar-refractivity contribution in [2.75, 3.05) is 26.2 Å². The third kappa shape index (κ3) is 4.16. The Morgan fingerprint density at radius 1 is 1.03 bits per heavy atom. The summed E-state index contributed by atoms with van der Waals surface area (Å²) in [4.78, 5) is 20.1. The second kappa shape index (κ2) is 8.61. The number of aromatic nitrogens is 1. The Kier molecular flexibility index (Phi) is 5.85. The second-order valence-electron chi connectivity index (χ2n) is 8.28. The van der Waals surface area contributed by atoms with Crippen LogP contribution in [0.1, 0.15) is 36.6 Å². The first-order valence-corrected chi connectivity index (χ1v) is 13.8. The van der Waals surface area contributed by atoms with Crippen LogP contribution in [0.4, 0.5) is 0 Å². The number of hydrogen-bond acceptors (Lipinski definition) is 6. The van der Waals surface area contributed by atoms with Crippen molar-refractivity contribution in [3.8, 4) is 0 Å². The molecule has 2 aliphatic rings. The fourth-order valence-corrected chi connectivity index (χ4v) is 8.36. The molecule has 2 aromatic heterocycles. The van der Waals surface area contributed by atoms with Gasteiger partial charge in [0.1, 0.15) is 4.21 Å². The number of para-hydroxylation sites is 1. The van der Waals surface area contributed by atoms with Gasteiger partial charge >= 0.3 is 0 Å². The van der Waals surface area contributed by atoms with Gasteiger partial charge in [-0.1, -0.05) is 18.2 Å². The number of thiophene rings is 1. The number of amides is 1. The van der Waals surface area contributed by atoms with Crippen LogP contribution in [0.15, 0.2) is 46.0 Å². The molecule has 4 heterocycles. The Labute approximate surface area is 190 Å². The van der Waals surface area contributed by atoms with E-state index >= 15 is 0 Å². The lowest BCUT2D eigenvalue weighted by Crippen LogP contribution is -2.48. The van der Waals surface area contributed by atoms with E-state index in [4.69, 9.17) is 4.98 Å². The Bertz CT molecular complexity index is 1140. The molecule has 0 spiro atoms. The van der Waals surface area contributed by atoms with E-state index in [2.05, 4.69) is 6.07 Å². The Hall–Kier alpha value is -1.81. The molecule has 164 valence electrons. The van der Waals surface area contributed by atoms with Gasteiger partial charge in [0.25, 0.3) is 10.0 Å². The molecule has 0 aliphatic carbocycles. The minimum Gasteiger partial charge on any atom is -0.342 e. The van der Waals surface area contributed by atoms with E-state index in [-0.39, 0.29) is 24.3 Å². The van der Waals surface area contributed by atoms with Crippen molar-refractivity contribution in [1.29, 1.82) is 0 Å². The molecule has 0 bridgehead atoms. The van der Waals surface area contributed by atoms with E-state index in [0.29, 0.717) is 17.3 Å². The predicted octanol–water partition coefficient (Wildman–Crippen LogP) is 4.16. The van der Waals surface area contributed by atoms with Gasteiger partial charge in [0.15, 0.2) is 0 Å². The summed E-state index contributed by atoms with van der Waals surface area (Å²) >= 11 is 2.95. The molecule has 1 aromatic carbocycles. The zero-order chi connectivity index (χ0) is 21.4. The van der Waals surface area contributed by atoms with Crippen molar-refractivity contribution < 1.29 is 13.2 Å². The standard InChI is InChI=1S/C22H25N3O3S3/c26-22(17-7-4-12-25(15-17)31(27,28)20-10-5-13-29-20)24-11-3-6-16(14-24)21-23-18-8-1-2-9-19(18)30-21/h1-2,5,8-10,13,16-17H,3-4,6-7,11-12,14-15H2/t16-,17-/m0/s1. The maximum Gasteiger partial charge on any atom is 0.252 e. The smallest absolute Gasteiger partial charge is 0.252 e. The van der Waals surface area contributed by atoms with Crippen molar-refractivity contribution in [2.45, 2.75) is 35.8 Å². The zero-order valence-electron chi connectivity index (χ0n) is 17.1. The highest BCUT2D eigenvalue weighted by Crippen LogP contribution is 2.34. The monoisotopic (exact) mass is 475 g/mol. The molecular weight excluding hydrogens is 450 g/mol. The molecule has 0 N–H and O–H groups in total. The first kappa shape index (κ1) is 21.1. The summed E-state index contributed by atoms with van der Waals surface area (Å²) in [5.41, 5.74) is 1.02. The number of rotatable bonds is 4. The van der Waals surface area contributed by atoms with Gasteiger partial charge in [-0.15, -0.1) is 22.7 Å². The van der Waals surface area contributed by atoms with Gasteiger partial charge in [0.05, 0.1) is 21.1 Å². The number of piperidine rings is 2. The summed E-state index contributed by atoms with van der Waals surface area (Å²) in [5, 5.41) is 2.87. The number of sulfonamides is 1. The number of thiazole rings is 1. The molecule has 9 heteroatoms. The van der Waals surface area contributed by atoms with E-state index in [0.717, 1.165) is 42.8 Å². The van der Waals surface area contributed by atoms with Crippen LogP contribution in [0, 0.1) is 5.92 Å². The number of carbonyl (C=O) groups excluding carboxylic acids is 1. The normalized spacial score (nSPS) is 23.3. The summed E-state index contributed by atoms with van der Waals surface area (Å²) in [6.07, 6.45) is 3.46. The first-order valence-electron chi connectivity index (χ1n) is 10.7. The molecule has 0 unspecified atom stereocenters. The molecule has 0 radical (unpaired) electrons. The maximum absolute atomic E-state index is 13.4. The lowest BCUT2D eigenvalue weighted by molar-refractivity contribution is -0.137. The zero-order valence-corrected chi connectivity index (χ0v) is 19.6. The van der Waals surface area contributed by atoms with Crippen molar-refractivity contribution in [1.82, 2.24) is 14.2 Å². The van der Waals surface area contributed by atoms with Crippen LogP contribution < -0.4 is 0 Å². The third-order valence-corrected chi connectivity index (χ3v) is 10.7. The van der Waals surface area contributed by atoms with Gasteiger partial charge in [0, 0.05) is 32.1 Å². The van der Waals surface area contributed by atoms with E-state index in [9.17, 15) is 13.2 Å². The van der Waals surface area contributed by atoms with Crippen LogP contribution in [-0.2, 0) is 14.8 Å². The summed E-state index contributed by atoms with van der Waals surface area (Å²) in [5.74, 6) is 0.0825. The maximum atomic E-state index is 13.4. The number of benzene rings is 1. The second-order valence-corrected chi connectivity index (χ2v) is 12.5. The molecule has 5 rings (SSSR count). The summed E-state index contributed by atoms with van der Waals surface area (Å²) in [6, 6.07) is 11.5. The van der Waals surface area contributed by atoms with Crippen LogP contribution in [0.2, 0.25) is 0 Å². The Balaban J connectivity index is 1.29. The van der Waals surface area contributed by atoms with Gasteiger partial charge in [-0.2, -0.15) is 4.31 Å². The molecule has 0 saturated carbocycles. The lowest BCUT2D eigenvalue weighted by atomic mass is 9.94. The summed E-state index contributed by atoms with van der Waals surface area (Å²) in [6.45, 7) is 2.18. The number of fused-ring (bicyclic) bond motifs is 1. The van der Waals surface area contributed by atoms with E-state index in [1.54, 1.807) is 28.8 Å². The minimum absolute atomic E-state index is 0.0943. The van der Waals surface area contributed by atoms with Gasteiger partial charge in [-0.3, -0.25) is 4.79 Å². The van der Waals surface area contributed by atoms with Crippen LogP contribution in [0.25, 0.3) is 10.2 Å². The lowest BCUT2D eigenvalue weighted by Gasteiger charge is -2.37. The molecule has 2 aliphatic heterocycles. The summed E-state index contributed by atoms with van der Waals surface area (Å²) < 4.78 is 28.9. The van der Waals surface area contributed by atoms with Crippen molar-refractivity contribution in [2.24, 2.45) is 5.92 Å². The van der Waals surface area contributed by atoms with E-state index in [1.165, 1.54) is 20.3 Å². The fraction of sp³-hybridized carbons (Fsp3) is 0.455. The van der Waals surface area contributed by atoms with Gasteiger partial charge in [0.2, 0.25) is 5.91 Å². The van der Waals surface area contributed by atoms with Gasteiger partial charge < -0.3 is 4.90 Å². The third-order valence-electron chi connectivity index (χ3n) is 6.22. The summed E-state index contributed by atoms with van der Waals surface area (Å²) in [7, 11) is -3.51. The topological polar surface area (TPSA) is 70.6 Å². The quantitative estimate of drug-likeness (QED) is 0.568. The molecular formula is C22H25N3O3S3. The largest absolute Gasteiger partial charge is 0.342 e. The number of carbonyl (C=O) groups is 1. The molecule has 2 fully saturated rings. The molecule has 6 nitrogen and oxygen atoms in total. The minimum atomic E-state index is -3.51. The SMILES string of the molecule is O=C([C@H]1CCCN(S(=O)(=O)c2cccs2)C1)N1CCC[C@H](c2nc3ccccc3s2)C1. The highest BCUT2D eigenvalue weighted by molar-refractivity contribution is 7.91. The fourth-order valence-electron chi connectivity index (χ4n) is 4.60. The number of nitrogens with zero attached hydrogens (tertiary/aromatic N) is 3. The number of hydrogen-bond donors (Lipinski definition) is 0. The van der Waals surface area contributed by atoms with Crippen molar-refractivity contribution >= 4 is 48.8 Å². The average Bonchev–Trinajstić information content (AvgIpc) is 3.49. The van der Waals surface area contributed by atoms with Crippen LogP contribution >= 0.6 is 22.7 Å². The average molecular weight is 476 g/mol. The van der Waals surface area contributed by atoms with E-state index < -0.39 is 10.0 Å². The number of likely N-dealkylation sites (tertiary alicyclic amines) is 1. The molecule has 2 saturated heterocycles. The Morgan fingerprint density at radius 3 is 2.68 bits per heavy atom. The van der Waals surface area contributed by atoms with Gasteiger partial charge in [-0.05, 0) is 49.3 Å². The van der Waals surface area contributed by atoms with Gasteiger partial charge in [-0.25, -0.2) is 13.4 Å². The molecule has 1 amide bonds. The first-order chi connectivity index (χ1) is 15.0. The van der Waals surface area contributed by atoms with Crippen LogP contribution in [0.5, 0.6) is 0 Å². The van der Waals surface area contributed by atoms with Crippen LogP contribution in [0.3, 0.4) is 0 Å².